The molecule has 4 rings (SSSR count). The highest BCUT2D eigenvalue weighted by molar-refractivity contribution is 5.41. The van der Waals surface area contributed by atoms with Crippen molar-refractivity contribution in [3.63, 3.8) is 0 Å². The molecule has 1 heteroatoms. The van der Waals surface area contributed by atoms with Crippen molar-refractivity contribution in [1.29, 1.82) is 0 Å². The van der Waals surface area contributed by atoms with Crippen LogP contribution in [0.15, 0.2) is 35.5 Å². The van der Waals surface area contributed by atoms with Crippen LogP contribution >= 0.6 is 0 Å². The summed E-state index contributed by atoms with van der Waals surface area (Å²) in [6.45, 7) is 3.45. The molecule has 0 aromatic heterocycles. The molecule has 0 saturated heterocycles. The topological polar surface area (TPSA) is 9.23 Å². The molecule has 0 aromatic carbocycles. The molecule has 1 nitrogen and oxygen atoms in total. The molecular formula is C20H28O. The standard InChI is InChI=1S/C20H28O/c1-19-11-4-3-6-15(19)8-9-16-17(19)10-13-20(14-21-2)12-5-7-18(16)20/h4,8-9,11,17-18H,3,5-7,10,12-14H2,1-2H3/t17-,18-,19-,20-/m0/s1. The summed E-state index contributed by atoms with van der Waals surface area (Å²) in [7, 11) is 1.88. The van der Waals surface area contributed by atoms with Crippen LogP contribution in [0.5, 0.6) is 0 Å². The van der Waals surface area contributed by atoms with E-state index in [9.17, 15) is 0 Å². The Morgan fingerprint density at radius 2 is 2.10 bits per heavy atom. The maximum Gasteiger partial charge on any atom is 0.0524 e. The summed E-state index contributed by atoms with van der Waals surface area (Å²) in [6, 6.07) is 0. The predicted octanol–water partition coefficient (Wildman–Crippen LogP) is 5.05. The second kappa shape index (κ2) is 4.84. The van der Waals surface area contributed by atoms with Crippen molar-refractivity contribution in [3.8, 4) is 0 Å². The van der Waals surface area contributed by atoms with Crippen LogP contribution in [-0.4, -0.2) is 13.7 Å². The maximum absolute atomic E-state index is 5.64. The number of hydrogen-bond donors (Lipinski definition) is 0. The first-order valence-electron chi connectivity index (χ1n) is 8.77. The van der Waals surface area contributed by atoms with Crippen LogP contribution in [0.3, 0.4) is 0 Å². The second-order valence-electron chi connectivity index (χ2n) is 7.91. The average molecular weight is 284 g/mol. The summed E-state index contributed by atoms with van der Waals surface area (Å²) in [6.07, 6.45) is 19.3. The summed E-state index contributed by atoms with van der Waals surface area (Å²) in [5, 5.41) is 0. The summed E-state index contributed by atoms with van der Waals surface area (Å²) < 4.78 is 5.64. The molecule has 0 unspecified atom stereocenters. The molecule has 0 N–H and O–H groups in total. The van der Waals surface area contributed by atoms with Gasteiger partial charge in [-0.3, -0.25) is 0 Å². The van der Waals surface area contributed by atoms with E-state index in [0.717, 1.165) is 18.4 Å². The third-order valence-corrected chi connectivity index (χ3v) is 7.01. The molecule has 0 bridgehead atoms. The molecule has 0 spiro atoms. The van der Waals surface area contributed by atoms with E-state index < -0.39 is 0 Å². The minimum atomic E-state index is 0.310. The SMILES string of the molecule is COC[C@@]12CCC[C@H]1C1=CC=C3CCC=C[C@]3(C)[C@H]1CC2. The monoisotopic (exact) mass is 284 g/mol. The molecule has 2 saturated carbocycles. The molecular weight excluding hydrogens is 256 g/mol. The number of rotatable bonds is 2. The van der Waals surface area contributed by atoms with Crippen LogP contribution in [-0.2, 0) is 4.74 Å². The van der Waals surface area contributed by atoms with Crippen molar-refractivity contribution in [1.82, 2.24) is 0 Å². The summed E-state index contributed by atoms with van der Waals surface area (Å²) in [5.41, 5.74) is 4.20. The fourth-order valence-electron chi connectivity index (χ4n) is 5.95. The van der Waals surface area contributed by atoms with Gasteiger partial charge in [0.2, 0.25) is 0 Å². The maximum atomic E-state index is 5.64. The van der Waals surface area contributed by atoms with Crippen LogP contribution in [0.2, 0.25) is 0 Å². The van der Waals surface area contributed by atoms with E-state index in [-0.39, 0.29) is 0 Å². The summed E-state index contributed by atoms with van der Waals surface area (Å²) in [4.78, 5) is 0. The first kappa shape index (κ1) is 13.8. The lowest BCUT2D eigenvalue weighted by Gasteiger charge is -2.52. The highest BCUT2D eigenvalue weighted by Gasteiger charge is 2.53. The number of fused-ring (bicyclic) bond motifs is 5. The smallest absolute Gasteiger partial charge is 0.0524 e. The van der Waals surface area contributed by atoms with E-state index >= 15 is 0 Å². The quantitative estimate of drug-likeness (QED) is 0.645. The van der Waals surface area contributed by atoms with Crippen molar-refractivity contribution in [2.45, 2.75) is 51.9 Å². The second-order valence-corrected chi connectivity index (χ2v) is 7.91. The Labute approximate surface area is 129 Å². The lowest BCUT2D eigenvalue weighted by molar-refractivity contribution is 0.0211. The van der Waals surface area contributed by atoms with E-state index in [1.807, 2.05) is 7.11 Å². The summed E-state index contributed by atoms with van der Waals surface area (Å²) >= 11 is 0. The third-order valence-electron chi connectivity index (χ3n) is 7.01. The lowest BCUT2D eigenvalue weighted by Crippen LogP contribution is -2.44. The Balaban J connectivity index is 1.74. The number of methoxy groups -OCH3 is 1. The molecule has 0 aromatic rings. The molecule has 2 fully saturated rings. The number of hydrogen-bond acceptors (Lipinski definition) is 1. The number of ether oxygens (including phenoxy) is 1. The molecule has 4 atom stereocenters. The van der Waals surface area contributed by atoms with Crippen LogP contribution in [0.1, 0.15) is 51.9 Å². The van der Waals surface area contributed by atoms with Gasteiger partial charge in [-0.1, -0.05) is 48.8 Å². The van der Waals surface area contributed by atoms with Crippen LogP contribution in [0, 0.1) is 22.7 Å². The largest absolute Gasteiger partial charge is 0.384 e. The fraction of sp³-hybridized carbons (Fsp3) is 0.700. The molecule has 0 amide bonds. The molecule has 21 heavy (non-hydrogen) atoms. The Kier molecular flexibility index (Phi) is 3.19. The van der Waals surface area contributed by atoms with Gasteiger partial charge in [-0.25, -0.2) is 0 Å². The van der Waals surface area contributed by atoms with Gasteiger partial charge in [0.25, 0.3) is 0 Å². The van der Waals surface area contributed by atoms with Crippen molar-refractivity contribution in [2.24, 2.45) is 22.7 Å². The van der Waals surface area contributed by atoms with Crippen molar-refractivity contribution in [2.75, 3.05) is 13.7 Å². The zero-order valence-corrected chi connectivity index (χ0v) is 13.5. The minimum Gasteiger partial charge on any atom is -0.384 e. The van der Waals surface area contributed by atoms with Gasteiger partial charge in [-0.15, -0.1) is 0 Å². The van der Waals surface area contributed by atoms with Gasteiger partial charge in [0.15, 0.2) is 0 Å². The van der Waals surface area contributed by atoms with Gasteiger partial charge in [0, 0.05) is 17.9 Å². The van der Waals surface area contributed by atoms with Crippen LogP contribution in [0.25, 0.3) is 0 Å². The molecule has 4 aliphatic carbocycles. The van der Waals surface area contributed by atoms with Crippen molar-refractivity contribution >= 4 is 0 Å². The molecule has 114 valence electrons. The molecule has 4 aliphatic rings. The third kappa shape index (κ3) is 1.86. The van der Waals surface area contributed by atoms with Gasteiger partial charge in [0.05, 0.1) is 6.61 Å². The molecule has 0 aliphatic heterocycles. The van der Waals surface area contributed by atoms with Crippen LogP contribution in [0.4, 0.5) is 0 Å². The lowest BCUT2D eigenvalue weighted by atomic mass is 9.52. The highest BCUT2D eigenvalue weighted by Crippen LogP contribution is 2.62. The normalized spacial score (nSPS) is 44.5. The van der Waals surface area contributed by atoms with Gasteiger partial charge in [-0.2, -0.15) is 0 Å². The highest BCUT2D eigenvalue weighted by atomic mass is 16.5. The zero-order valence-electron chi connectivity index (χ0n) is 13.5. The van der Waals surface area contributed by atoms with Gasteiger partial charge < -0.3 is 4.74 Å². The van der Waals surface area contributed by atoms with Gasteiger partial charge >= 0.3 is 0 Å². The van der Waals surface area contributed by atoms with Gasteiger partial charge in [0.1, 0.15) is 0 Å². The van der Waals surface area contributed by atoms with Gasteiger partial charge in [-0.05, 0) is 50.4 Å². The van der Waals surface area contributed by atoms with E-state index in [1.165, 1.54) is 44.9 Å². The van der Waals surface area contributed by atoms with E-state index in [1.54, 1.807) is 11.1 Å². The Bertz CT molecular complexity index is 526. The van der Waals surface area contributed by atoms with Crippen LogP contribution < -0.4 is 0 Å². The minimum absolute atomic E-state index is 0.310. The van der Waals surface area contributed by atoms with E-state index in [0.29, 0.717) is 10.8 Å². The predicted molar refractivity (Wildman–Crippen MR) is 87.0 cm³/mol. The number of allylic oxidation sites excluding steroid dienone is 6. The molecule has 0 heterocycles. The molecule has 0 radical (unpaired) electrons. The van der Waals surface area contributed by atoms with Crippen molar-refractivity contribution < 1.29 is 4.74 Å². The zero-order chi connectivity index (χ0) is 14.5. The van der Waals surface area contributed by atoms with Crippen molar-refractivity contribution in [3.05, 3.63) is 35.5 Å². The van der Waals surface area contributed by atoms with E-state index in [4.69, 9.17) is 4.74 Å². The fourth-order valence-corrected chi connectivity index (χ4v) is 5.95. The Morgan fingerprint density at radius 3 is 2.95 bits per heavy atom. The Hall–Kier alpha value is -0.820. The van der Waals surface area contributed by atoms with E-state index in [2.05, 4.69) is 31.2 Å². The Morgan fingerprint density at radius 1 is 1.19 bits per heavy atom. The first-order valence-corrected chi connectivity index (χ1v) is 8.77. The average Bonchev–Trinajstić information content (AvgIpc) is 2.91. The first-order chi connectivity index (χ1) is 10.2. The summed E-state index contributed by atoms with van der Waals surface area (Å²) in [5.74, 6) is 1.53.